The molecule has 0 unspecified atom stereocenters. The van der Waals surface area contributed by atoms with Crippen molar-refractivity contribution >= 4 is 22.6 Å². The normalized spacial score (nSPS) is 11.1. The summed E-state index contributed by atoms with van der Waals surface area (Å²) in [5.74, 6) is 0. The van der Waals surface area contributed by atoms with E-state index in [1.807, 2.05) is 4.57 Å². The van der Waals surface area contributed by atoms with Gasteiger partial charge in [-0.25, -0.2) is 9.67 Å². The minimum absolute atomic E-state index is 0.0894. The third kappa shape index (κ3) is 2.74. The highest BCUT2D eigenvalue weighted by Crippen LogP contribution is 2.09. The van der Waals surface area contributed by atoms with Gasteiger partial charge in [-0.1, -0.05) is 0 Å². The Labute approximate surface area is 113 Å². The lowest BCUT2D eigenvalue weighted by atomic mass is 10.3. The Kier molecular flexibility index (Phi) is 3.60. The molecule has 2 aromatic rings. The van der Waals surface area contributed by atoms with Crippen molar-refractivity contribution in [3.8, 4) is 0 Å². The molecule has 0 aliphatic carbocycles. The van der Waals surface area contributed by atoms with Gasteiger partial charge in [0.25, 0.3) is 5.56 Å². The van der Waals surface area contributed by atoms with Crippen LogP contribution in [0.15, 0.2) is 29.6 Å². The van der Waals surface area contributed by atoms with Gasteiger partial charge in [0, 0.05) is 15.7 Å². The SMILES string of the molecule is CC(C)n1cncc1Cn1ncc(I)cc1=O. The monoisotopic (exact) mass is 344 g/mol. The van der Waals surface area contributed by atoms with E-state index in [2.05, 4.69) is 46.5 Å². The van der Waals surface area contributed by atoms with Crippen molar-refractivity contribution in [1.29, 1.82) is 0 Å². The minimum atomic E-state index is -0.0894. The maximum Gasteiger partial charge on any atom is 0.268 e. The van der Waals surface area contributed by atoms with Crippen LogP contribution in [0.25, 0.3) is 0 Å². The molecule has 0 N–H and O–H groups in total. The standard InChI is InChI=1S/C11H13IN4O/c1-8(2)15-7-13-5-10(15)6-16-11(17)3-9(12)4-14-16/h3-5,7-8H,6H2,1-2H3. The molecule has 0 aromatic carbocycles. The van der Waals surface area contributed by atoms with Crippen LogP contribution in [0, 0.1) is 3.57 Å². The maximum atomic E-state index is 11.7. The first-order chi connectivity index (χ1) is 8.08. The molecule has 6 heteroatoms. The predicted octanol–water partition coefficient (Wildman–Crippen LogP) is 1.67. The van der Waals surface area contributed by atoms with Gasteiger partial charge in [-0.2, -0.15) is 5.10 Å². The second kappa shape index (κ2) is 4.99. The van der Waals surface area contributed by atoms with Gasteiger partial charge in [-0.3, -0.25) is 4.79 Å². The summed E-state index contributed by atoms with van der Waals surface area (Å²) >= 11 is 2.08. The summed E-state index contributed by atoms with van der Waals surface area (Å²) in [7, 11) is 0. The predicted molar refractivity (Wildman–Crippen MR) is 72.9 cm³/mol. The van der Waals surface area contributed by atoms with Crippen LogP contribution in [0.4, 0.5) is 0 Å². The molecule has 2 aromatic heterocycles. The van der Waals surface area contributed by atoms with E-state index < -0.39 is 0 Å². The number of imidazole rings is 1. The van der Waals surface area contributed by atoms with E-state index in [4.69, 9.17) is 0 Å². The summed E-state index contributed by atoms with van der Waals surface area (Å²) in [6.45, 7) is 4.61. The third-order valence-electron chi connectivity index (χ3n) is 2.45. The molecule has 17 heavy (non-hydrogen) atoms. The average Bonchev–Trinajstić information content (AvgIpc) is 2.70. The van der Waals surface area contributed by atoms with Gasteiger partial charge in [0.15, 0.2) is 0 Å². The van der Waals surface area contributed by atoms with Gasteiger partial charge in [0.1, 0.15) is 0 Å². The summed E-state index contributed by atoms with van der Waals surface area (Å²) < 4.78 is 4.32. The van der Waals surface area contributed by atoms with Gasteiger partial charge in [0.2, 0.25) is 0 Å². The van der Waals surface area contributed by atoms with E-state index in [9.17, 15) is 4.79 Å². The van der Waals surface area contributed by atoms with Crippen molar-refractivity contribution in [2.75, 3.05) is 0 Å². The molecule has 0 atom stereocenters. The number of rotatable bonds is 3. The summed E-state index contributed by atoms with van der Waals surface area (Å²) in [5, 5.41) is 4.11. The quantitative estimate of drug-likeness (QED) is 0.796. The highest BCUT2D eigenvalue weighted by atomic mass is 127. The Bertz CT molecular complexity index is 573. The maximum absolute atomic E-state index is 11.7. The molecule has 2 rings (SSSR count). The molecule has 0 amide bonds. The van der Waals surface area contributed by atoms with E-state index >= 15 is 0 Å². The fraction of sp³-hybridized carbons (Fsp3) is 0.364. The van der Waals surface area contributed by atoms with E-state index in [1.165, 1.54) is 4.68 Å². The first-order valence-corrected chi connectivity index (χ1v) is 6.39. The van der Waals surface area contributed by atoms with Crippen LogP contribution in [-0.4, -0.2) is 19.3 Å². The van der Waals surface area contributed by atoms with Gasteiger partial charge >= 0.3 is 0 Å². The van der Waals surface area contributed by atoms with Gasteiger partial charge < -0.3 is 4.57 Å². The Morgan fingerprint density at radius 3 is 2.82 bits per heavy atom. The summed E-state index contributed by atoms with van der Waals surface area (Å²) in [6.07, 6.45) is 5.22. The largest absolute Gasteiger partial charge is 0.330 e. The Hall–Kier alpha value is -1.18. The Balaban J connectivity index is 2.32. The van der Waals surface area contributed by atoms with Crippen molar-refractivity contribution in [2.24, 2.45) is 0 Å². The van der Waals surface area contributed by atoms with E-state index in [0.29, 0.717) is 12.6 Å². The smallest absolute Gasteiger partial charge is 0.268 e. The zero-order valence-electron chi connectivity index (χ0n) is 9.67. The van der Waals surface area contributed by atoms with Gasteiger partial charge in [-0.15, -0.1) is 0 Å². The average molecular weight is 344 g/mol. The van der Waals surface area contributed by atoms with Crippen LogP contribution < -0.4 is 5.56 Å². The van der Waals surface area contributed by atoms with Crippen LogP contribution in [-0.2, 0) is 6.54 Å². The Morgan fingerprint density at radius 2 is 2.18 bits per heavy atom. The lowest BCUT2D eigenvalue weighted by molar-refractivity contribution is 0.537. The molecule has 0 saturated carbocycles. The lowest BCUT2D eigenvalue weighted by Gasteiger charge is -2.12. The molecule has 0 saturated heterocycles. The molecule has 0 fully saturated rings. The number of aromatic nitrogens is 4. The summed E-state index contributed by atoms with van der Waals surface area (Å²) in [6, 6.07) is 1.90. The number of halogens is 1. The zero-order chi connectivity index (χ0) is 12.4. The molecule has 0 bridgehead atoms. The van der Waals surface area contributed by atoms with Crippen molar-refractivity contribution in [3.05, 3.63) is 44.4 Å². The van der Waals surface area contributed by atoms with Gasteiger partial charge in [0.05, 0.1) is 31.0 Å². The second-order valence-electron chi connectivity index (χ2n) is 4.06. The lowest BCUT2D eigenvalue weighted by Crippen LogP contribution is -2.24. The van der Waals surface area contributed by atoms with Gasteiger partial charge in [-0.05, 0) is 36.4 Å². The number of hydrogen-bond donors (Lipinski definition) is 0. The van der Waals surface area contributed by atoms with Crippen LogP contribution in [0.1, 0.15) is 25.6 Å². The van der Waals surface area contributed by atoms with E-state index in [1.54, 1.807) is 24.8 Å². The first kappa shape index (κ1) is 12.3. The molecule has 0 spiro atoms. The molecule has 0 aliphatic rings. The summed E-state index contributed by atoms with van der Waals surface area (Å²) in [5.41, 5.74) is 0.893. The first-order valence-electron chi connectivity index (χ1n) is 5.31. The topological polar surface area (TPSA) is 52.7 Å². The molecule has 5 nitrogen and oxygen atoms in total. The van der Waals surface area contributed by atoms with Crippen molar-refractivity contribution in [2.45, 2.75) is 26.4 Å². The molecule has 0 radical (unpaired) electrons. The third-order valence-corrected chi connectivity index (χ3v) is 3.04. The van der Waals surface area contributed by atoms with Crippen LogP contribution in [0.5, 0.6) is 0 Å². The second-order valence-corrected chi connectivity index (χ2v) is 5.30. The van der Waals surface area contributed by atoms with Crippen LogP contribution in [0.2, 0.25) is 0 Å². The summed E-state index contributed by atoms with van der Waals surface area (Å²) in [4.78, 5) is 15.8. The van der Waals surface area contributed by atoms with Crippen molar-refractivity contribution < 1.29 is 0 Å². The van der Waals surface area contributed by atoms with Crippen molar-refractivity contribution in [1.82, 2.24) is 19.3 Å². The molecular formula is C11H13IN4O. The molecular weight excluding hydrogens is 331 g/mol. The minimum Gasteiger partial charge on any atom is -0.330 e. The molecule has 2 heterocycles. The van der Waals surface area contributed by atoms with E-state index in [0.717, 1.165) is 9.26 Å². The number of hydrogen-bond acceptors (Lipinski definition) is 3. The fourth-order valence-electron chi connectivity index (χ4n) is 1.60. The number of nitrogens with zero attached hydrogens (tertiary/aromatic N) is 4. The zero-order valence-corrected chi connectivity index (χ0v) is 11.8. The van der Waals surface area contributed by atoms with Crippen molar-refractivity contribution in [3.63, 3.8) is 0 Å². The highest BCUT2D eigenvalue weighted by Gasteiger charge is 2.07. The van der Waals surface area contributed by atoms with Crippen LogP contribution in [0.3, 0.4) is 0 Å². The highest BCUT2D eigenvalue weighted by molar-refractivity contribution is 14.1. The van der Waals surface area contributed by atoms with Crippen LogP contribution >= 0.6 is 22.6 Å². The fourth-order valence-corrected chi connectivity index (χ4v) is 1.99. The molecule has 90 valence electrons. The van der Waals surface area contributed by atoms with E-state index in [-0.39, 0.29) is 5.56 Å². The molecule has 0 aliphatic heterocycles. The Morgan fingerprint density at radius 1 is 1.41 bits per heavy atom.